The van der Waals surface area contributed by atoms with Gasteiger partial charge in [0, 0.05) is 49.2 Å². The fourth-order valence-electron chi connectivity index (χ4n) is 5.83. The quantitative estimate of drug-likeness (QED) is 0.216. The molecule has 2 fully saturated rings. The number of nitrogens with zero attached hydrogens (tertiary/aromatic N) is 4. The van der Waals surface area contributed by atoms with Crippen LogP contribution in [0, 0.1) is 0 Å². The SMILES string of the molecule is CS(=O)(=O)CCCOc1cccc2c1ccn2-c1ccnc(NC2CCC(N3CCC(OP(=O)(O)O)CC3)CC2)n1. The number of ether oxygens (including phenoxy) is 1. The zero-order valence-corrected chi connectivity index (χ0v) is 24.8. The second-order valence-corrected chi connectivity index (χ2v) is 14.4. The molecule has 5 rings (SSSR count). The van der Waals surface area contributed by atoms with Crippen molar-refractivity contribution in [1.82, 2.24) is 19.4 Å². The summed E-state index contributed by atoms with van der Waals surface area (Å²) >= 11 is 0. The van der Waals surface area contributed by atoms with Gasteiger partial charge in [-0.1, -0.05) is 6.07 Å². The van der Waals surface area contributed by atoms with Crippen LogP contribution in [0.4, 0.5) is 5.95 Å². The number of anilines is 1. The van der Waals surface area contributed by atoms with Crippen molar-refractivity contribution >= 4 is 34.5 Å². The maximum Gasteiger partial charge on any atom is 0.469 e. The highest BCUT2D eigenvalue weighted by Crippen LogP contribution is 2.40. The van der Waals surface area contributed by atoms with Crippen LogP contribution in [0.5, 0.6) is 5.75 Å². The highest BCUT2D eigenvalue weighted by molar-refractivity contribution is 7.90. The predicted molar refractivity (Wildman–Crippen MR) is 156 cm³/mol. The van der Waals surface area contributed by atoms with E-state index < -0.39 is 17.7 Å². The lowest BCUT2D eigenvalue weighted by molar-refractivity contribution is 0.0449. The zero-order chi connectivity index (χ0) is 29.0. The molecular weight excluding hydrogens is 569 g/mol. The number of nitrogens with one attached hydrogen (secondary N) is 1. The Hall–Kier alpha value is -2.54. The summed E-state index contributed by atoms with van der Waals surface area (Å²) in [5, 5.41) is 4.44. The molecule has 1 saturated carbocycles. The minimum atomic E-state index is -4.43. The molecule has 41 heavy (non-hydrogen) atoms. The average Bonchev–Trinajstić information content (AvgIpc) is 3.36. The van der Waals surface area contributed by atoms with Crippen LogP contribution < -0.4 is 10.1 Å². The topological polar surface area (TPSA) is 156 Å². The Morgan fingerprint density at radius 2 is 1.83 bits per heavy atom. The lowest BCUT2D eigenvalue weighted by Gasteiger charge is -2.40. The number of hydrogen-bond acceptors (Lipinski definition) is 9. The molecule has 1 aromatic carbocycles. The first-order valence-electron chi connectivity index (χ1n) is 14.0. The summed E-state index contributed by atoms with van der Waals surface area (Å²) in [5.41, 5.74) is 0.936. The van der Waals surface area contributed by atoms with Crippen molar-refractivity contribution in [3.63, 3.8) is 0 Å². The standard InChI is InChI=1S/C27H38N5O7PS/c1-41(36,37)19-3-18-38-25-5-2-4-24-23(25)13-17-32(24)26-10-14-28-27(30-26)29-20-6-8-21(9-7-20)31-15-11-22(12-16-31)39-40(33,34)35/h2,4-5,10,13-14,17,20-22H,3,6-9,11-12,15-16,18-19H2,1H3,(H,28,29,30)(H2,33,34,35). The molecule has 0 amide bonds. The van der Waals surface area contributed by atoms with Gasteiger partial charge in [-0.15, -0.1) is 0 Å². The third-order valence-corrected chi connectivity index (χ3v) is 9.41. The molecule has 0 atom stereocenters. The molecule has 2 aliphatic rings. The lowest BCUT2D eigenvalue weighted by Crippen LogP contribution is -2.45. The number of rotatable bonds is 11. The van der Waals surface area contributed by atoms with Crippen molar-refractivity contribution < 1.29 is 32.0 Å². The van der Waals surface area contributed by atoms with Crippen LogP contribution in [-0.2, 0) is 18.9 Å². The molecule has 0 radical (unpaired) electrons. The van der Waals surface area contributed by atoms with Crippen molar-refractivity contribution in [2.75, 3.05) is 37.0 Å². The van der Waals surface area contributed by atoms with Gasteiger partial charge in [0.25, 0.3) is 0 Å². The molecule has 224 valence electrons. The van der Waals surface area contributed by atoms with E-state index in [0.29, 0.717) is 43.6 Å². The van der Waals surface area contributed by atoms with Crippen LogP contribution in [0.25, 0.3) is 16.7 Å². The minimum Gasteiger partial charge on any atom is -0.493 e. The summed E-state index contributed by atoms with van der Waals surface area (Å²) in [7, 11) is -7.45. The van der Waals surface area contributed by atoms with Gasteiger partial charge in [-0.3, -0.25) is 4.52 Å². The first-order valence-corrected chi connectivity index (χ1v) is 17.6. The number of aromatic nitrogens is 3. The van der Waals surface area contributed by atoms with Gasteiger partial charge < -0.3 is 29.3 Å². The maximum atomic E-state index is 11.4. The van der Waals surface area contributed by atoms with E-state index in [0.717, 1.165) is 55.5 Å². The van der Waals surface area contributed by atoms with E-state index in [9.17, 15) is 13.0 Å². The monoisotopic (exact) mass is 607 g/mol. The van der Waals surface area contributed by atoms with E-state index >= 15 is 0 Å². The number of sulfone groups is 1. The fourth-order valence-corrected chi connectivity index (χ4v) is 7.07. The van der Waals surface area contributed by atoms with Gasteiger partial charge >= 0.3 is 7.82 Å². The van der Waals surface area contributed by atoms with Crippen LogP contribution >= 0.6 is 7.82 Å². The minimum absolute atomic E-state index is 0.0955. The van der Waals surface area contributed by atoms with E-state index in [4.69, 9.17) is 24.0 Å². The molecule has 1 aliphatic heterocycles. The number of benzene rings is 1. The molecule has 12 nitrogen and oxygen atoms in total. The molecule has 0 bridgehead atoms. The van der Waals surface area contributed by atoms with Crippen molar-refractivity contribution in [1.29, 1.82) is 0 Å². The smallest absolute Gasteiger partial charge is 0.469 e. The van der Waals surface area contributed by atoms with Crippen molar-refractivity contribution in [2.45, 2.75) is 63.1 Å². The van der Waals surface area contributed by atoms with Crippen molar-refractivity contribution in [2.24, 2.45) is 0 Å². The molecule has 0 unspecified atom stereocenters. The van der Waals surface area contributed by atoms with Gasteiger partial charge in [0.2, 0.25) is 5.95 Å². The van der Waals surface area contributed by atoms with Gasteiger partial charge in [0.15, 0.2) is 0 Å². The number of hydrogen-bond donors (Lipinski definition) is 3. The number of likely N-dealkylation sites (tertiary alicyclic amines) is 1. The Labute approximate surface area is 240 Å². The average molecular weight is 608 g/mol. The van der Waals surface area contributed by atoms with Crippen LogP contribution in [0.2, 0.25) is 0 Å². The first-order chi connectivity index (χ1) is 19.5. The van der Waals surface area contributed by atoms with Gasteiger partial charge in [0.1, 0.15) is 21.4 Å². The number of phosphoric ester groups is 1. The molecule has 14 heteroatoms. The Kier molecular flexibility index (Phi) is 9.32. The molecule has 3 aromatic rings. The summed E-state index contributed by atoms with van der Waals surface area (Å²) in [6.07, 6.45) is 10.3. The van der Waals surface area contributed by atoms with E-state index in [1.54, 1.807) is 6.20 Å². The highest BCUT2D eigenvalue weighted by Gasteiger charge is 2.31. The molecular formula is C27H38N5O7PS. The Bertz CT molecular complexity index is 1480. The van der Waals surface area contributed by atoms with E-state index in [2.05, 4.69) is 15.2 Å². The van der Waals surface area contributed by atoms with Gasteiger partial charge in [-0.2, -0.15) is 4.98 Å². The Morgan fingerprint density at radius 3 is 2.54 bits per heavy atom. The van der Waals surface area contributed by atoms with Gasteiger partial charge in [0.05, 0.1) is 24.0 Å². The van der Waals surface area contributed by atoms with E-state index in [1.165, 1.54) is 6.26 Å². The zero-order valence-electron chi connectivity index (χ0n) is 23.1. The molecule has 1 aliphatic carbocycles. The first kappa shape index (κ1) is 29.9. The second kappa shape index (κ2) is 12.8. The van der Waals surface area contributed by atoms with Crippen LogP contribution in [0.1, 0.15) is 44.9 Å². The number of fused-ring (bicyclic) bond motifs is 1. The van der Waals surface area contributed by atoms with Crippen molar-refractivity contribution in [3.8, 4) is 11.6 Å². The van der Waals surface area contributed by atoms with Crippen LogP contribution in [0.3, 0.4) is 0 Å². The lowest BCUT2D eigenvalue weighted by atomic mass is 9.89. The molecule has 0 spiro atoms. The molecule has 1 saturated heterocycles. The third-order valence-electron chi connectivity index (χ3n) is 7.81. The number of phosphoric acid groups is 1. The predicted octanol–water partition coefficient (Wildman–Crippen LogP) is 3.53. The Balaban J connectivity index is 1.16. The van der Waals surface area contributed by atoms with Crippen LogP contribution in [0.15, 0.2) is 42.7 Å². The Morgan fingerprint density at radius 1 is 1.07 bits per heavy atom. The summed E-state index contributed by atoms with van der Waals surface area (Å²) in [6.45, 7) is 1.90. The van der Waals surface area contributed by atoms with Crippen molar-refractivity contribution in [3.05, 3.63) is 42.7 Å². The fraction of sp³-hybridized carbons (Fsp3) is 0.556. The summed E-state index contributed by atoms with van der Waals surface area (Å²) in [5.74, 6) is 2.12. The molecule has 3 heterocycles. The summed E-state index contributed by atoms with van der Waals surface area (Å²) in [6, 6.07) is 10.4. The number of piperidine rings is 1. The van der Waals surface area contributed by atoms with Gasteiger partial charge in [-0.25, -0.2) is 18.0 Å². The van der Waals surface area contributed by atoms with Gasteiger partial charge in [-0.05, 0) is 69.2 Å². The molecule has 3 N–H and O–H groups in total. The largest absolute Gasteiger partial charge is 0.493 e. The maximum absolute atomic E-state index is 11.4. The van der Waals surface area contributed by atoms with Crippen LogP contribution in [-0.4, -0.2) is 87.5 Å². The second-order valence-electron chi connectivity index (χ2n) is 10.9. The summed E-state index contributed by atoms with van der Waals surface area (Å²) < 4.78 is 46.7. The highest BCUT2D eigenvalue weighted by atomic mass is 32.2. The summed E-state index contributed by atoms with van der Waals surface area (Å²) in [4.78, 5) is 29.8. The van der Waals surface area contributed by atoms with E-state index in [-0.39, 0.29) is 17.9 Å². The third kappa shape index (κ3) is 8.27. The van der Waals surface area contributed by atoms with E-state index in [1.807, 2.05) is 41.1 Å². The molecule has 2 aromatic heterocycles. The normalized spacial score (nSPS) is 21.2.